The number of fused-ring (bicyclic) bond motifs is 2. The third kappa shape index (κ3) is 7.31. The first kappa shape index (κ1) is 38.5. The molecule has 0 saturated carbocycles. The highest BCUT2D eigenvalue weighted by molar-refractivity contribution is 6.23. The van der Waals surface area contributed by atoms with Crippen LogP contribution in [0, 0.1) is 0 Å². The van der Waals surface area contributed by atoms with E-state index in [1.54, 1.807) is 50.2 Å². The van der Waals surface area contributed by atoms with Gasteiger partial charge in [0.15, 0.2) is 0 Å². The van der Waals surface area contributed by atoms with Gasteiger partial charge in [-0.3, -0.25) is 44.0 Å². The summed E-state index contributed by atoms with van der Waals surface area (Å²) in [6.07, 6.45) is 3.62. The molecule has 1 N–H and O–H groups in total. The van der Waals surface area contributed by atoms with Crippen LogP contribution in [0.5, 0.6) is 17.2 Å². The molecule has 4 amide bonds. The summed E-state index contributed by atoms with van der Waals surface area (Å²) >= 11 is 0. The van der Waals surface area contributed by atoms with Crippen molar-refractivity contribution in [3.63, 3.8) is 0 Å². The second kappa shape index (κ2) is 15.0. The molecule has 1 unspecified atom stereocenters. The Labute approximate surface area is 324 Å². The van der Waals surface area contributed by atoms with Crippen LogP contribution < -0.4 is 30.0 Å². The topological polar surface area (TPSA) is 156 Å². The molecule has 3 aliphatic heterocycles. The smallest absolute Gasteiger partial charge is 0.262 e. The minimum Gasteiger partial charge on any atom is -0.496 e. The Balaban J connectivity index is 1.01. The van der Waals surface area contributed by atoms with Crippen LogP contribution in [0.2, 0.25) is 0 Å². The number of rotatable bonds is 11. The highest BCUT2D eigenvalue weighted by atomic mass is 16.5. The Hall–Kier alpha value is -5.80. The first-order chi connectivity index (χ1) is 26.7. The number of amides is 4. The lowest BCUT2D eigenvalue weighted by atomic mass is 9.98. The SMILES string of the molecule is COc1cc(-c2cn(C)c(=O)c3cnc(N(C)C)cc23)cc(OC)c1CN1CCN(CC(C)(C)Oc2ccc3c(c2)C(=O)N(C2CCC(=O)NC2=O)C3=O)CC1. The van der Waals surface area contributed by atoms with Crippen LogP contribution in [0.4, 0.5) is 5.82 Å². The number of hydrogen-bond acceptors (Lipinski definition) is 12. The van der Waals surface area contributed by atoms with Crippen molar-refractivity contribution in [1.29, 1.82) is 0 Å². The first-order valence-electron chi connectivity index (χ1n) is 18.6. The van der Waals surface area contributed by atoms with Crippen molar-refractivity contribution < 1.29 is 33.4 Å². The lowest BCUT2D eigenvalue weighted by Crippen LogP contribution is -2.54. The minimum absolute atomic E-state index is 0.0597. The predicted octanol–water partition coefficient (Wildman–Crippen LogP) is 3.06. The van der Waals surface area contributed by atoms with Crippen LogP contribution in [-0.2, 0) is 23.2 Å². The van der Waals surface area contributed by atoms with Gasteiger partial charge >= 0.3 is 0 Å². The average Bonchev–Trinajstić information content (AvgIpc) is 3.41. The molecule has 294 valence electrons. The number of anilines is 1. The molecule has 15 heteroatoms. The van der Waals surface area contributed by atoms with Crippen molar-refractivity contribution in [2.24, 2.45) is 7.05 Å². The van der Waals surface area contributed by atoms with Gasteiger partial charge in [-0.05, 0) is 62.2 Å². The monoisotopic (exact) mass is 765 g/mol. The van der Waals surface area contributed by atoms with Crippen molar-refractivity contribution in [3.8, 4) is 28.4 Å². The van der Waals surface area contributed by atoms with Crippen LogP contribution in [-0.4, -0.2) is 121 Å². The Kier molecular flexibility index (Phi) is 10.3. The molecule has 2 aromatic heterocycles. The number of methoxy groups -OCH3 is 2. The summed E-state index contributed by atoms with van der Waals surface area (Å²) < 4.78 is 19.9. The molecule has 4 aromatic rings. The number of carbonyl (C=O) groups is 4. The highest BCUT2D eigenvalue weighted by Gasteiger charge is 2.45. The van der Waals surface area contributed by atoms with E-state index in [9.17, 15) is 24.0 Å². The molecule has 56 heavy (non-hydrogen) atoms. The van der Waals surface area contributed by atoms with E-state index < -0.39 is 35.3 Å². The van der Waals surface area contributed by atoms with Gasteiger partial charge in [0, 0.05) is 90.2 Å². The van der Waals surface area contributed by atoms with Crippen LogP contribution in [0.15, 0.2) is 53.6 Å². The Morgan fingerprint density at radius 2 is 1.52 bits per heavy atom. The van der Waals surface area contributed by atoms with Crippen LogP contribution in [0.25, 0.3) is 21.9 Å². The summed E-state index contributed by atoms with van der Waals surface area (Å²) in [4.78, 5) is 75.6. The van der Waals surface area contributed by atoms with E-state index in [2.05, 4.69) is 20.1 Å². The molecule has 0 spiro atoms. The van der Waals surface area contributed by atoms with E-state index in [4.69, 9.17) is 14.2 Å². The fraction of sp³-hybridized carbons (Fsp3) is 0.415. The van der Waals surface area contributed by atoms with Crippen molar-refractivity contribution in [3.05, 3.63) is 75.8 Å². The molecule has 0 radical (unpaired) electrons. The van der Waals surface area contributed by atoms with Crippen molar-refractivity contribution in [1.82, 2.24) is 29.6 Å². The summed E-state index contributed by atoms with van der Waals surface area (Å²) in [6, 6.07) is 9.69. The standard InChI is InChI=1S/C41H47N7O8/c1-41(2,56-25-8-9-26-28(18-25)40(53)48(39(26)52)32-10-11-36(49)43-37(32)50)23-47-14-12-46(13-15-47)22-31-33(54-6)16-24(17-34(31)55-7)30-21-45(5)38(51)29-20-42-35(44(3)4)19-27(29)30/h8-9,16-21,32H,10-15,22-23H2,1-7H3,(H,43,49,50). The number of hydrogen-bond donors (Lipinski definition) is 1. The molecule has 1 atom stereocenters. The Morgan fingerprint density at radius 1 is 0.857 bits per heavy atom. The van der Waals surface area contributed by atoms with Gasteiger partial charge in [-0.1, -0.05) is 0 Å². The van der Waals surface area contributed by atoms with E-state index in [1.807, 2.05) is 57.2 Å². The number of nitrogens with one attached hydrogen (secondary N) is 1. The third-order valence-corrected chi connectivity index (χ3v) is 10.7. The minimum atomic E-state index is -1.02. The largest absolute Gasteiger partial charge is 0.496 e. The predicted molar refractivity (Wildman–Crippen MR) is 209 cm³/mol. The maximum atomic E-state index is 13.3. The zero-order chi connectivity index (χ0) is 40.1. The molecule has 2 saturated heterocycles. The molecular weight excluding hydrogens is 718 g/mol. The van der Waals surface area contributed by atoms with Crippen molar-refractivity contribution in [2.75, 3.05) is 65.9 Å². The lowest BCUT2D eigenvalue weighted by molar-refractivity contribution is -0.136. The molecule has 7 rings (SSSR count). The number of aromatic nitrogens is 2. The van der Waals surface area contributed by atoms with Crippen LogP contribution >= 0.6 is 0 Å². The Morgan fingerprint density at radius 3 is 2.16 bits per heavy atom. The molecule has 2 aromatic carbocycles. The molecular formula is C41H47N7O8. The fourth-order valence-electron chi connectivity index (χ4n) is 7.85. The summed E-state index contributed by atoms with van der Waals surface area (Å²) in [5, 5.41) is 3.54. The van der Waals surface area contributed by atoms with E-state index in [1.165, 1.54) is 0 Å². The van der Waals surface area contributed by atoms with Crippen LogP contribution in [0.3, 0.4) is 0 Å². The number of imide groups is 2. The normalized spacial score (nSPS) is 18.0. The van der Waals surface area contributed by atoms with Gasteiger partial charge in [-0.2, -0.15) is 0 Å². The first-order valence-corrected chi connectivity index (χ1v) is 18.6. The second-order valence-electron chi connectivity index (χ2n) is 15.4. The van der Waals surface area contributed by atoms with Gasteiger partial charge in [0.05, 0.1) is 36.3 Å². The molecule has 15 nitrogen and oxygen atoms in total. The third-order valence-electron chi connectivity index (χ3n) is 10.7. The maximum Gasteiger partial charge on any atom is 0.262 e. The van der Waals surface area contributed by atoms with Crippen molar-refractivity contribution >= 4 is 40.2 Å². The number of piperazine rings is 1. The van der Waals surface area contributed by atoms with Gasteiger partial charge in [-0.15, -0.1) is 0 Å². The van der Waals surface area contributed by atoms with Gasteiger partial charge in [-0.25, -0.2) is 4.98 Å². The number of aryl methyl sites for hydroxylation is 1. The molecule has 2 fully saturated rings. The number of carbonyl (C=O) groups excluding carboxylic acids is 4. The van der Waals surface area contributed by atoms with Gasteiger partial charge in [0.1, 0.15) is 34.7 Å². The number of ether oxygens (including phenoxy) is 3. The van der Waals surface area contributed by atoms with Crippen molar-refractivity contribution in [2.45, 2.75) is 44.9 Å². The Bertz CT molecular complexity index is 2290. The maximum absolute atomic E-state index is 13.3. The zero-order valence-electron chi connectivity index (χ0n) is 32.8. The van der Waals surface area contributed by atoms with Gasteiger partial charge in [0.25, 0.3) is 17.4 Å². The summed E-state index contributed by atoms with van der Waals surface area (Å²) in [5.74, 6) is 0.385. The molecule has 5 heterocycles. The van der Waals surface area contributed by atoms with E-state index in [0.717, 1.165) is 59.0 Å². The zero-order valence-corrected chi connectivity index (χ0v) is 32.8. The number of pyridine rings is 2. The highest BCUT2D eigenvalue weighted by Crippen LogP contribution is 2.39. The number of nitrogens with zero attached hydrogens (tertiary/aromatic N) is 6. The molecule has 0 aliphatic carbocycles. The summed E-state index contributed by atoms with van der Waals surface area (Å²) in [6.45, 7) is 8.37. The van der Waals surface area contributed by atoms with E-state index in [-0.39, 0.29) is 29.5 Å². The summed E-state index contributed by atoms with van der Waals surface area (Å²) in [5.41, 5.74) is 2.28. The van der Waals surface area contributed by atoms with E-state index in [0.29, 0.717) is 35.7 Å². The number of benzene rings is 2. The molecule has 3 aliphatic rings. The average molecular weight is 766 g/mol. The fourth-order valence-corrected chi connectivity index (χ4v) is 7.85. The van der Waals surface area contributed by atoms with Crippen LogP contribution in [0.1, 0.15) is 53.0 Å². The lowest BCUT2D eigenvalue weighted by Gasteiger charge is -2.39. The number of piperidine rings is 1. The van der Waals surface area contributed by atoms with E-state index >= 15 is 0 Å². The second-order valence-corrected chi connectivity index (χ2v) is 15.4. The summed E-state index contributed by atoms with van der Waals surface area (Å²) in [7, 11) is 8.86. The van der Waals surface area contributed by atoms with Gasteiger partial charge < -0.3 is 23.7 Å². The molecule has 0 bridgehead atoms. The quantitative estimate of drug-likeness (QED) is 0.223. The van der Waals surface area contributed by atoms with Gasteiger partial charge in [0.2, 0.25) is 11.8 Å².